The van der Waals surface area contributed by atoms with E-state index in [9.17, 15) is 14.7 Å². The lowest BCUT2D eigenvalue weighted by Gasteiger charge is -2.17. The van der Waals surface area contributed by atoms with Gasteiger partial charge in [-0.2, -0.15) is 0 Å². The number of cyclic esters (lactones) is 1. The van der Waals surface area contributed by atoms with Crippen molar-refractivity contribution in [3.05, 3.63) is 35.1 Å². The van der Waals surface area contributed by atoms with Crippen LogP contribution in [0.1, 0.15) is 23.7 Å². The maximum absolute atomic E-state index is 12.6. The number of hydrogen-bond donors (Lipinski definition) is 1. The van der Waals surface area contributed by atoms with Gasteiger partial charge in [0.2, 0.25) is 5.78 Å². The summed E-state index contributed by atoms with van der Waals surface area (Å²) in [4.78, 5) is 24.0. The van der Waals surface area contributed by atoms with Crippen molar-refractivity contribution in [2.24, 2.45) is 5.92 Å². The highest BCUT2D eigenvalue weighted by Crippen LogP contribution is 2.40. The minimum atomic E-state index is -0.642. The van der Waals surface area contributed by atoms with Gasteiger partial charge < -0.3 is 19.3 Å². The molecule has 1 N–H and O–H groups in total. The van der Waals surface area contributed by atoms with E-state index in [1.165, 1.54) is 7.11 Å². The second-order valence-electron chi connectivity index (χ2n) is 5.37. The molecule has 0 aliphatic carbocycles. The molecule has 6 nitrogen and oxygen atoms in total. The van der Waals surface area contributed by atoms with E-state index in [4.69, 9.17) is 14.2 Å². The SMILES string of the molecule is COc1cccc2c1C(=O)/C(=C(/CO)[C@@H]1OC(=O)C[C@H]1C)O2. The van der Waals surface area contributed by atoms with Crippen LogP contribution in [0.5, 0.6) is 11.5 Å². The van der Waals surface area contributed by atoms with E-state index in [1.54, 1.807) is 18.2 Å². The average molecular weight is 304 g/mol. The van der Waals surface area contributed by atoms with E-state index in [0.29, 0.717) is 22.6 Å². The van der Waals surface area contributed by atoms with Gasteiger partial charge in [-0.3, -0.25) is 9.59 Å². The van der Waals surface area contributed by atoms with Crippen LogP contribution in [0.15, 0.2) is 29.5 Å². The van der Waals surface area contributed by atoms with Crippen LogP contribution >= 0.6 is 0 Å². The van der Waals surface area contributed by atoms with Crippen LogP contribution in [-0.2, 0) is 9.53 Å². The van der Waals surface area contributed by atoms with Crippen LogP contribution in [0.25, 0.3) is 0 Å². The van der Waals surface area contributed by atoms with E-state index >= 15 is 0 Å². The molecule has 2 aliphatic rings. The second kappa shape index (κ2) is 5.46. The topological polar surface area (TPSA) is 82.1 Å². The molecule has 0 spiro atoms. The Kier molecular flexibility index (Phi) is 3.62. The largest absolute Gasteiger partial charge is 0.496 e. The number of ether oxygens (including phenoxy) is 3. The lowest BCUT2D eigenvalue weighted by Crippen LogP contribution is -2.23. The molecule has 22 heavy (non-hydrogen) atoms. The number of esters is 1. The third-order valence-corrected chi connectivity index (χ3v) is 3.92. The fourth-order valence-corrected chi connectivity index (χ4v) is 2.85. The first kappa shape index (κ1) is 14.6. The number of carbonyl (C=O) groups excluding carboxylic acids is 2. The van der Waals surface area contributed by atoms with E-state index in [2.05, 4.69) is 0 Å². The van der Waals surface area contributed by atoms with Gasteiger partial charge in [0.15, 0.2) is 5.76 Å². The highest BCUT2D eigenvalue weighted by molar-refractivity contribution is 6.14. The highest BCUT2D eigenvalue weighted by atomic mass is 16.6. The second-order valence-corrected chi connectivity index (χ2v) is 5.37. The minimum absolute atomic E-state index is 0.0218. The molecule has 1 fully saturated rings. The van der Waals surface area contributed by atoms with Gasteiger partial charge in [-0.1, -0.05) is 13.0 Å². The zero-order valence-corrected chi connectivity index (χ0v) is 12.3. The molecule has 0 amide bonds. The Hall–Kier alpha value is -2.34. The van der Waals surface area contributed by atoms with Gasteiger partial charge in [0.05, 0.1) is 20.1 Å². The number of benzene rings is 1. The minimum Gasteiger partial charge on any atom is -0.496 e. The van der Waals surface area contributed by atoms with Crippen LogP contribution in [0.4, 0.5) is 0 Å². The van der Waals surface area contributed by atoms with Gasteiger partial charge in [-0.25, -0.2) is 0 Å². The number of aliphatic hydroxyl groups is 1. The summed E-state index contributed by atoms with van der Waals surface area (Å²) in [5.74, 6) is -0.0255. The normalized spacial score (nSPS) is 25.6. The molecule has 0 unspecified atom stereocenters. The van der Waals surface area contributed by atoms with Crippen molar-refractivity contribution in [2.45, 2.75) is 19.4 Å². The Labute approximate surface area is 127 Å². The predicted octanol–water partition coefficient (Wildman–Crippen LogP) is 1.47. The molecule has 6 heteroatoms. The number of ketones is 1. The Morgan fingerprint density at radius 2 is 2.18 bits per heavy atom. The summed E-state index contributed by atoms with van der Waals surface area (Å²) in [6, 6.07) is 5.03. The summed E-state index contributed by atoms with van der Waals surface area (Å²) < 4.78 is 16.0. The summed E-state index contributed by atoms with van der Waals surface area (Å²) >= 11 is 0. The lowest BCUT2D eigenvalue weighted by atomic mass is 9.95. The van der Waals surface area contributed by atoms with Gasteiger partial charge in [0, 0.05) is 11.5 Å². The number of methoxy groups -OCH3 is 1. The standard InChI is InChI=1S/C16H16O6/c1-8-6-12(18)22-15(8)9(7-17)16-14(19)13-10(20-2)4-3-5-11(13)21-16/h3-5,8,15,17H,6-7H2,1-2H3/b16-9+/t8-,15-/m1/s1. The van der Waals surface area contributed by atoms with Crippen LogP contribution in [0, 0.1) is 5.92 Å². The van der Waals surface area contributed by atoms with E-state index in [-0.39, 0.29) is 29.9 Å². The highest BCUT2D eigenvalue weighted by Gasteiger charge is 2.40. The molecule has 0 aromatic heterocycles. The van der Waals surface area contributed by atoms with Crippen LogP contribution in [0.2, 0.25) is 0 Å². The molecular weight excluding hydrogens is 288 g/mol. The fourth-order valence-electron chi connectivity index (χ4n) is 2.85. The van der Waals surface area contributed by atoms with Crippen LogP contribution in [-0.4, -0.2) is 36.7 Å². The molecule has 1 aromatic carbocycles. The zero-order valence-electron chi connectivity index (χ0n) is 12.3. The average Bonchev–Trinajstić information content (AvgIpc) is 3.01. The molecular formula is C16H16O6. The number of Topliss-reactive ketones (excluding diaryl/α,β-unsaturated/α-hetero) is 1. The molecule has 2 atom stereocenters. The summed E-state index contributed by atoms with van der Waals surface area (Å²) in [6.45, 7) is 1.42. The molecule has 0 bridgehead atoms. The van der Waals surface area contributed by atoms with Gasteiger partial charge in [-0.05, 0) is 12.1 Å². The van der Waals surface area contributed by atoms with Gasteiger partial charge >= 0.3 is 5.97 Å². The van der Waals surface area contributed by atoms with Crippen molar-refractivity contribution < 1.29 is 28.9 Å². The smallest absolute Gasteiger partial charge is 0.306 e. The van der Waals surface area contributed by atoms with Gasteiger partial charge in [0.1, 0.15) is 23.2 Å². The van der Waals surface area contributed by atoms with E-state index in [1.807, 2.05) is 6.92 Å². The zero-order chi connectivity index (χ0) is 15.9. The van der Waals surface area contributed by atoms with Crippen LogP contribution in [0.3, 0.4) is 0 Å². The number of allylic oxidation sites excluding steroid dienone is 1. The van der Waals surface area contributed by atoms with Crippen molar-refractivity contribution in [3.63, 3.8) is 0 Å². The van der Waals surface area contributed by atoms with E-state index < -0.39 is 12.7 Å². The molecule has 0 radical (unpaired) electrons. The molecule has 2 aliphatic heterocycles. The monoisotopic (exact) mass is 304 g/mol. The van der Waals surface area contributed by atoms with Crippen LogP contribution < -0.4 is 9.47 Å². The molecule has 116 valence electrons. The molecule has 1 aromatic rings. The summed E-state index contributed by atoms with van der Waals surface area (Å²) in [7, 11) is 1.47. The Bertz CT molecular complexity index is 675. The van der Waals surface area contributed by atoms with Crippen molar-refractivity contribution in [1.82, 2.24) is 0 Å². The maximum Gasteiger partial charge on any atom is 0.306 e. The van der Waals surface area contributed by atoms with E-state index in [0.717, 1.165) is 0 Å². The summed E-state index contributed by atoms with van der Waals surface area (Å²) in [5, 5.41) is 9.66. The van der Waals surface area contributed by atoms with Gasteiger partial charge in [0.25, 0.3) is 0 Å². The van der Waals surface area contributed by atoms with Crippen molar-refractivity contribution in [1.29, 1.82) is 0 Å². The Morgan fingerprint density at radius 3 is 2.77 bits per heavy atom. The number of rotatable bonds is 3. The first-order valence-electron chi connectivity index (χ1n) is 6.99. The number of carbonyl (C=O) groups is 2. The van der Waals surface area contributed by atoms with Crippen molar-refractivity contribution in [2.75, 3.05) is 13.7 Å². The van der Waals surface area contributed by atoms with Gasteiger partial charge in [-0.15, -0.1) is 0 Å². The first-order valence-corrected chi connectivity index (χ1v) is 6.99. The fraction of sp³-hybridized carbons (Fsp3) is 0.375. The predicted molar refractivity (Wildman–Crippen MR) is 75.7 cm³/mol. The quantitative estimate of drug-likeness (QED) is 0.672. The maximum atomic E-state index is 12.6. The third kappa shape index (κ3) is 2.16. The first-order chi connectivity index (χ1) is 10.6. The molecule has 0 saturated carbocycles. The lowest BCUT2D eigenvalue weighted by molar-refractivity contribution is -0.140. The summed E-state index contributed by atoms with van der Waals surface area (Å²) in [5.41, 5.74) is 0.615. The Balaban J connectivity index is 2.05. The Morgan fingerprint density at radius 1 is 1.41 bits per heavy atom. The summed E-state index contributed by atoms with van der Waals surface area (Å²) in [6.07, 6.45) is -0.386. The number of hydrogen-bond acceptors (Lipinski definition) is 6. The molecule has 3 rings (SSSR count). The van der Waals surface area contributed by atoms with Crippen molar-refractivity contribution >= 4 is 11.8 Å². The third-order valence-electron chi connectivity index (χ3n) is 3.92. The van der Waals surface area contributed by atoms with Crippen molar-refractivity contribution in [3.8, 4) is 11.5 Å². The number of fused-ring (bicyclic) bond motifs is 1. The molecule has 1 saturated heterocycles. The number of aliphatic hydroxyl groups excluding tert-OH is 1. The molecule has 2 heterocycles.